The van der Waals surface area contributed by atoms with Gasteiger partial charge in [-0.25, -0.2) is 0 Å². The van der Waals surface area contributed by atoms with Crippen molar-refractivity contribution in [2.45, 2.75) is 31.2 Å². The van der Waals surface area contributed by atoms with Gasteiger partial charge in [0.2, 0.25) is 0 Å². The summed E-state index contributed by atoms with van der Waals surface area (Å²) in [4.78, 5) is 9.73. The minimum atomic E-state index is -0.0109. The number of hydrogen-bond acceptors (Lipinski definition) is 3. The molecular formula is C7H14ClNO2. The highest BCUT2D eigenvalue weighted by Gasteiger charge is 2.31. The Morgan fingerprint density at radius 2 is 2.18 bits per heavy atom. The van der Waals surface area contributed by atoms with Crippen molar-refractivity contribution in [3.8, 4) is 0 Å². The summed E-state index contributed by atoms with van der Waals surface area (Å²) in [7, 11) is 0. The van der Waals surface area contributed by atoms with Gasteiger partial charge in [-0.05, 0) is 25.7 Å². The maximum atomic E-state index is 9.73. The van der Waals surface area contributed by atoms with Gasteiger partial charge in [-0.15, -0.1) is 12.4 Å². The van der Waals surface area contributed by atoms with E-state index in [1.165, 1.54) is 6.42 Å². The van der Waals surface area contributed by atoms with Crippen LogP contribution in [0.4, 0.5) is 0 Å². The highest BCUT2D eigenvalue weighted by atomic mass is 35.5. The van der Waals surface area contributed by atoms with Crippen LogP contribution >= 0.6 is 12.4 Å². The van der Waals surface area contributed by atoms with Gasteiger partial charge in [-0.1, -0.05) is 0 Å². The maximum Gasteiger partial charge on any atom is 0.293 e. The lowest BCUT2D eigenvalue weighted by atomic mass is 9.76. The molecule has 1 aliphatic rings. The Labute approximate surface area is 72.7 Å². The fourth-order valence-electron chi connectivity index (χ4n) is 1.19. The highest BCUT2D eigenvalue weighted by Crippen LogP contribution is 2.31. The summed E-state index contributed by atoms with van der Waals surface area (Å²) in [5, 5.41) is 0. The van der Waals surface area contributed by atoms with Crippen molar-refractivity contribution in [2.24, 2.45) is 5.73 Å². The minimum Gasteiger partial charge on any atom is -0.468 e. The largest absolute Gasteiger partial charge is 0.468 e. The Morgan fingerprint density at radius 1 is 1.55 bits per heavy atom. The van der Waals surface area contributed by atoms with Crippen molar-refractivity contribution in [3.63, 3.8) is 0 Å². The van der Waals surface area contributed by atoms with Gasteiger partial charge in [0.1, 0.15) is 0 Å². The van der Waals surface area contributed by atoms with E-state index in [4.69, 9.17) is 5.73 Å². The molecule has 0 unspecified atom stereocenters. The van der Waals surface area contributed by atoms with Gasteiger partial charge in [-0.3, -0.25) is 4.79 Å². The van der Waals surface area contributed by atoms with E-state index >= 15 is 0 Å². The molecule has 1 fully saturated rings. The Bertz CT molecular complexity index is 126. The molecule has 0 bridgehead atoms. The molecule has 4 heteroatoms. The average Bonchev–Trinajstić information content (AvgIpc) is 1.85. The third-order valence-electron chi connectivity index (χ3n) is 2.14. The molecule has 0 amide bonds. The van der Waals surface area contributed by atoms with Crippen LogP contribution in [0.25, 0.3) is 0 Å². The van der Waals surface area contributed by atoms with Crippen LogP contribution in [0.15, 0.2) is 0 Å². The summed E-state index contributed by atoms with van der Waals surface area (Å²) in [6.45, 7) is 0.946. The first kappa shape index (κ1) is 10.7. The van der Waals surface area contributed by atoms with E-state index in [0.717, 1.165) is 19.3 Å². The molecule has 66 valence electrons. The predicted molar refractivity (Wildman–Crippen MR) is 44.7 cm³/mol. The maximum absolute atomic E-state index is 9.73. The van der Waals surface area contributed by atoms with Crippen molar-refractivity contribution >= 4 is 18.9 Å². The van der Waals surface area contributed by atoms with E-state index in [1.54, 1.807) is 0 Å². The van der Waals surface area contributed by atoms with Crippen LogP contribution in [0.5, 0.6) is 0 Å². The molecule has 0 atom stereocenters. The van der Waals surface area contributed by atoms with Gasteiger partial charge in [0.25, 0.3) is 6.47 Å². The van der Waals surface area contributed by atoms with Crippen LogP contribution in [0.3, 0.4) is 0 Å². The Morgan fingerprint density at radius 3 is 2.55 bits per heavy atom. The van der Waals surface area contributed by atoms with Crippen molar-refractivity contribution in [1.29, 1.82) is 0 Å². The summed E-state index contributed by atoms with van der Waals surface area (Å²) in [6, 6.07) is 0. The summed E-state index contributed by atoms with van der Waals surface area (Å²) < 4.78 is 4.54. The topological polar surface area (TPSA) is 52.3 Å². The summed E-state index contributed by atoms with van der Waals surface area (Å²) >= 11 is 0. The van der Waals surface area contributed by atoms with Crippen molar-refractivity contribution in [1.82, 2.24) is 0 Å². The van der Waals surface area contributed by atoms with Gasteiger partial charge in [0.05, 0.1) is 6.61 Å². The van der Waals surface area contributed by atoms with Crippen LogP contribution in [0, 0.1) is 0 Å². The second-order valence-corrected chi connectivity index (χ2v) is 2.93. The van der Waals surface area contributed by atoms with Crippen LogP contribution < -0.4 is 5.73 Å². The average molecular weight is 180 g/mol. The molecule has 1 saturated carbocycles. The molecule has 0 radical (unpaired) electrons. The second kappa shape index (κ2) is 4.57. The highest BCUT2D eigenvalue weighted by molar-refractivity contribution is 5.85. The van der Waals surface area contributed by atoms with Crippen molar-refractivity contribution < 1.29 is 9.53 Å². The molecule has 1 rings (SSSR count). The molecule has 3 nitrogen and oxygen atoms in total. The minimum absolute atomic E-state index is 0. The molecule has 0 aliphatic heterocycles. The molecule has 2 N–H and O–H groups in total. The molecule has 0 heterocycles. The van der Waals surface area contributed by atoms with Crippen molar-refractivity contribution in [2.75, 3.05) is 6.61 Å². The number of rotatable bonds is 4. The first-order chi connectivity index (χ1) is 4.77. The summed E-state index contributed by atoms with van der Waals surface area (Å²) in [6.07, 6.45) is 4.19. The number of hydrogen-bond donors (Lipinski definition) is 1. The summed E-state index contributed by atoms with van der Waals surface area (Å²) in [5.74, 6) is 0. The fraction of sp³-hybridized carbons (Fsp3) is 0.857. The SMILES string of the molecule is Cl.NC1(CCOC=O)CCC1. The number of carbonyl (C=O) groups is 1. The van der Waals surface area contributed by atoms with Crippen LogP contribution in [-0.2, 0) is 9.53 Å². The monoisotopic (exact) mass is 179 g/mol. The molecule has 0 aromatic carbocycles. The van der Waals surface area contributed by atoms with E-state index < -0.39 is 0 Å². The molecule has 0 spiro atoms. The van der Waals surface area contributed by atoms with E-state index in [-0.39, 0.29) is 17.9 Å². The molecule has 0 aromatic rings. The number of nitrogens with two attached hydrogens (primary N) is 1. The number of halogens is 1. The smallest absolute Gasteiger partial charge is 0.293 e. The quantitative estimate of drug-likeness (QED) is 0.514. The lowest BCUT2D eigenvalue weighted by Gasteiger charge is -2.37. The van der Waals surface area contributed by atoms with Crippen molar-refractivity contribution in [3.05, 3.63) is 0 Å². The second-order valence-electron chi connectivity index (χ2n) is 2.93. The van der Waals surface area contributed by atoms with E-state index in [2.05, 4.69) is 4.74 Å². The Hall–Kier alpha value is -0.280. The molecular weight excluding hydrogens is 166 g/mol. The first-order valence-corrected chi connectivity index (χ1v) is 3.61. The summed E-state index contributed by atoms with van der Waals surface area (Å²) in [5.41, 5.74) is 5.84. The Kier molecular flexibility index (Phi) is 4.45. The fourth-order valence-corrected chi connectivity index (χ4v) is 1.19. The molecule has 0 aromatic heterocycles. The standard InChI is InChI=1S/C7H13NO2.ClH/c8-7(2-1-3-7)4-5-10-6-9;/h6H,1-5,8H2;1H. The van der Waals surface area contributed by atoms with Gasteiger partial charge in [0, 0.05) is 5.54 Å². The van der Waals surface area contributed by atoms with Gasteiger partial charge in [0.15, 0.2) is 0 Å². The first-order valence-electron chi connectivity index (χ1n) is 3.61. The lowest BCUT2D eigenvalue weighted by molar-refractivity contribution is -0.129. The van der Waals surface area contributed by atoms with Gasteiger partial charge in [-0.2, -0.15) is 0 Å². The van der Waals surface area contributed by atoms with E-state index in [9.17, 15) is 4.79 Å². The van der Waals surface area contributed by atoms with E-state index in [0.29, 0.717) is 13.1 Å². The van der Waals surface area contributed by atoms with E-state index in [1.807, 2.05) is 0 Å². The number of ether oxygens (including phenoxy) is 1. The normalized spacial score (nSPS) is 19.4. The van der Waals surface area contributed by atoms with Gasteiger partial charge >= 0.3 is 0 Å². The predicted octanol–water partition coefficient (Wildman–Crippen LogP) is 0.853. The Balaban J connectivity index is 0.000001000. The third-order valence-corrected chi connectivity index (χ3v) is 2.14. The zero-order valence-electron chi connectivity index (χ0n) is 6.41. The van der Waals surface area contributed by atoms with Crippen LogP contribution in [0.1, 0.15) is 25.7 Å². The number of carbonyl (C=O) groups excluding carboxylic acids is 1. The van der Waals surface area contributed by atoms with Gasteiger partial charge < -0.3 is 10.5 Å². The zero-order valence-corrected chi connectivity index (χ0v) is 7.23. The van der Waals surface area contributed by atoms with Crippen LogP contribution in [0.2, 0.25) is 0 Å². The molecule has 0 saturated heterocycles. The third kappa shape index (κ3) is 3.08. The molecule has 1 aliphatic carbocycles. The lowest BCUT2D eigenvalue weighted by Crippen LogP contribution is -2.47. The van der Waals surface area contributed by atoms with Crippen LogP contribution in [-0.4, -0.2) is 18.6 Å². The molecule has 11 heavy (non-hydrogen) atoms. The zero-order chi connectivity index (χ0) is 7.45.